The van der Waals surface area contributed by atoms with Gasteiger partial charge < -0.3 is 4.84 Å². The molecule has 0 fully saturated rings. The number of rotatable bonds is 4. The molecule has 2 nitrogen and oxygen atoms in total. The van der Waals surface area contributed by atoms with Crippen LogP contribution < -0.4 is 0 Å². The maximum absolute atomic E-state index is 12.3. The van der Waals surface area contributed by atoms with E-state index in [1.807, 2.05) is 0 Å². The van der Waals surface area contributed by atoms with Crippen LogP contribution in [-0.2, 0) is 4.84 Å². The van der Waals surface area contributed by atoms with Crippen molar-refractivity contribution in [3.05, 3.63) is 0 Å². The van der Waals surface area contributed by atoms with Crippen LogP contribution >= 0.6 is 0 Å². The highest BCUT2D eigenvalue weighted by molar-refractivity contribution is 5.52. The van der Waals surface area contributed by atoms with Gasteiger partial charge in [-0.2, -0.15) is 22.0 Å². The van der Waals surface area contributed by atoms with Crippen molar-refractivity contribution in [3.8, 4) is 0 Å². The zero-order chi connectivity index (χ0) is 11.4. The third-order valence-electron chi connectivity index (χ3n) is 1.10. The van der Waals surface area contributed by atoms with E-state index >= 15 is 0 Å². The fraction of sp³-hybridized carbons (Fsp3) is 0.833. The van der Waals surface area contributed by atoms with Crippen LogP contribution in [0.3, 0.4) is 0 Å². The molecule has 0 aliphatic carbocycles. The summed E-state index contributed by atoms with van der Waals surface area (Å²) in [6.45, 7) is -0.452. The molecular formula is C6H7F6NO. The third-order valence-corrected chi connectivity index (χ3v) is 1.10. The second-order valence-electron chi connectivity index (χ2n) is 2.30. The molecule has 0 heterocycles. The molecule has 14 heavy (non-hydrogen) atoms. The summed E-state index contributed by atoms with van der Waals surface area (Å²) in [5.74, 6) is -4.63. The second kappa shape index (κ2) is 4.52. The van der Waals surface area contributed by atoms with E-state index in [1.54, 1.807) is 0 Å². The average Bonchev–Trinajstić information content (AvgIpc) is 2.01. The van der Waals surface area contributed by atoms with Crippen LogP contribution in [-0.4, -0.2) is 31.1 Å². The Morgan fingerprint density at radius 3 is 2.14 bits per heavy atom. The van der Waals surface area contributed by atoms with Crippen molar-refractivity contribution < 1.29 is 31.2 Å². The molecular weight excluding hydrogens is 216 g/mol. The summed E-state index contributed by atoms with van der Waals surface area (Å²) >= 11 is 0. The van der Waals surface area contributed by atoms with E-state index in [-0.39, 0.29) is 0 Å². The van der Waals surface area contributed by atoms with E-state index in [0.29, 0.717) is 0 Å². The largest absolute Gasteiger partial charge is 0.425 e. The summed E-state index contributed by atoms with van der Waals surface area (Å²) < 4.78 is 71.3. The highest BCUT2D eigenvalue weighted by Gasteiger charge is 2.57. The lowest BCUT2D eigenvalue weighted by atomic mass is 10.2. The Kier molecular flexibility index (Phi) is 4.21. The molecule has 0 radical (unpaired) electrons. The Morgan fingerprint density at radius 2 is 1.79 bits per heavy atom. The maximum Gasteiger partial charge on any atom is 0.425 e. The van der Waals surface area contributed by atoms with Gasteiger partial charge in [0.05, 0.1) is 0 Å². The van der Waals surface area contributed by atoms with Gasteiger partial charge in [-0.1, -0.05) is 5.16 Å². The van der Waals surface area contributed by atoms with Crippen molar-refractivity contribution in [2.75, 3.05) is 6.61 Å². The molecule has 0 saturated carbocycles. The fourth-order valence-electron chi connectivity index (χ4n) is 0.510. The summed E-state index contributed by atoms with van der Waals surface area (Å²) in [4.78, 5) is 3.74. The molecule has 0 amide bonds. The van der Waals surface area contributed by atoms with Crippen molar-refractivity contribution >= 4 is 6.21 Å². The molecule has 0 bridgehead atoms. The fourth-order valence-corrected chi connectivity index (χ4v) is 0.510. The summed E-state index contributed by atoms with van der Waals surface area (Å²) in [6, 6.07) is 0. The van der Waals surface area contributed by atoms with Gasteiger partial charge in [-0.25, -0.2) is 4.39 Å². The minimum absolute atomic E-state index is 0.941. The number of oxime groups is 1. The van der Waals surface area contributed by atoms with Gasteiger partial charge in [0.1, 0.15) is 0 Å². The Labute approximate surface area is 75.5 Å². The van der Waals surface area contributed by atoms with E-state index in [1.165, 1.54) is 6.92 Å². The molecule has 1 atom stereocenters. The van der Waals surface area contributed by atoms with E-state index in [9.17, 15) is 26.3 Å². The topological polar surface area (TPSA) is 21.6 Å². The molecule has 0 aromatic heterocycles. The van der Waals surface area contributed by atoms with Crippen LogP contribution in [0.15, 0.2) is 5.16 Å². The van der Waals surface area contributed by atoms with Crippen molar-refractivity contribution in [1.29, 1.82) is 0 Å². The molecule has 0 aromatic rings. The molecule has 0 spiro atoms. The van der Waals surface area contributed by atoms with Crippen LogP contribution in [0.4, 0.5) is 26.3 Å². The maximum atomic E-state index is 12.3. The predicted octanol–water partition coefficient (Wildman–Crippen LogP) is 2.54. The van der Waals surface area contributed by atoms with Gasteiger partial charge in [0.2, 0.25) is 0 Å². The normalized spacial score (nSPS) is 15.9. The lowest BCUT2D eigenvalue weighted by Crippen LogP contribution is -2.44. The van der Waals surface area contributed by atoms with Crippen LogP contribution in [0.2, 0.25) is 0 Å². The van der Waals surface area contributed by atoms with E-state index in [0.717, 1.165) is 6.21 Å². The van der Waals surface area contributed by atoms with E-state index in [4.69, 9.17) is 0 Å². The van der Waals surface area contributed by atoms with Gasteiger partial charge in [0.25, 0.3) is 6.17 Å². The second-order valence-corrected chi connectivity index (χ2v) is 2.30. The summed E-state index contributed by atoms with van der Waals surface area (Å²) in [5, 5.41) is 2.78. The first-order valence-corrected chi connectivity index (χ1v) is 3.40. The molecule has 0 N–H and O–H groups in total. The van der Waals surface area contributed by atoms with Gasteiger partial charge in [-0.3, -0.25) is 0 Å². The Hall–Kier alpha value is -0.950. The molecule has 0 saturated heterocycles. The van der Waals surface area contributed by atoms with Gasteiger partial charge >= 0.3 is 12.1 Å². The number of hydrogen-bond donors (Lipinski definition) is 0. The van der Waals surface area contributed by atoms with Gasteiger partial charge in [-0.05, 0) is 6.92 Å². The molecule has 0 aliphatic rings. The monoisotopic (exact) mass is 223 g/mol. The van der Waals surface area contributed by atoms with E-state index in [2.05, 4.69) is 9.99 Å². The number of hydrogen-bond acceptors (Lipinski definition) is 2. The molecule has 0 aliphatic heterocycles. The molecule has 0 rings (SSSR count). The van der Waals surface area contributed by atoms with Crippen molar-refractivity contribution in [2.24, 2.45) is 5.16 Å². The number of halogens is 6. The van der Waals surface area contributed by atoms with Crippen molar-refractivity contribution in [1.82, 2.24) is 0 Å². The number of nitrogens with zero attached hydrogens (tertiary/aromatic N) is 1. The van der Waals surface area contributed by atoms with Crippen LogP contribution in [0.1, 0.15) is 6.92 Å². The minimum atomic E-state index is -5.61. The minimum Gasteiger partial charge on any atom is -0.390 e. The first kappa shape index (κ1) is 13.0. The lowest BCUT2D eigenvalue weighted by Gasteiger charge is -2.20. The zero-order valence-corrected chi connectivity index (χ0v) is 6.99. The highest BCUT2D eigenvalue weighted by atomic mass is 19.4. The lowest BCUT2D eigenvalue weighted by molar-refractivity contribution is -0.255. The Balaban J connectivity index is 4.30. The smallest absolute Gasteiger partial charge is 0.390 e. The van der Waals surface area contributed by atoms with Gasteiger partial charge in [-0.15, -0.1) is 0 Å². The first-order valence-electron chi connectivity index (χ1n) is 3.40. The SMILES string of the molecule is C/C=N/OCC(F)(F)C(F)C(F)(F)F. The highest BCUT2D eigenvalue weighted by Crippen LogP contribution is 2.34. The summed E-state index contributed by atoms with van der Waals surface area (Å²) in [5.41, 5.74) is 0. The van der Waals surface area contributed by atoms with Gasteiger partial charge in [0.15, 0.2) is 6.61 Å². The van der Waals surface area contributed by atoms with Crippen LogP contribution in [0, 0.1) is 0 Å². The summed E-state index contributed by atoms with van der Waals surface area (Å²) in [7, 11) is 0. The molecule has 84 valence electrons. The Morgan fingerprint density at radius 1 is 1.29 bits per heavy atom. The van der Waals surface area contributed by atoms with E-state index < -0.39 is 24.9 Å². The molecule has 0 aromatic carbocycles. The number of alkyl halides is 6. The average molecular weight is 223 g/mol. The Bertz CT molecular complexity index is 201. The van der Waals surface area contributed by atoms with Crippen molar-refractivity contribution in [2.45, 2.75) is 25.2 Å². The third kappa shape index (κ3) is 3.84. The predicted molar refractivity (Wildman–Crippen MR) is 36.0 cm³/mol. The summed E-state index contributed by atoms with van der Waals surface area (Å²) in [6.07, 6.45) is -8.92. The quantitative estimate of drug-likeness (QED) is 0.407. The van der Waals surface area contributed by atoms with Crippen LogP contribution in [0.25, 0.3) is 0 Å². The first-order chi connectivity index (χ1) is 6.22. The van der Waals surface area contributed by atoms with Crippen LogP contribution in [0.5, 0.6) is 0 Å². The van der Waals surface area contributed by atoms with Gasteiger partial charge in [0, 0.05) is 6.21 Å². The zero-order valence-electron chi connectivity index (χ0n) is 6.99. The van der Waals surface area contributed by atoms with Crippen molar-refractivity contribution in [3.63, 3.8) is 0 Å². The molecule has 8 heteroatoms. The molecule has 1 unspecified atom stereocenters. The standard InChI is InChI=1S/C6H7F6NO/c1-2-13-14-3-5(8,9)4(7)6(10,11)12/h2,4H,3H2,1H3/b13-2+.